The Morgan fingerprint density at radius 2 is 1.54 bits per heavy atom. The van der Waals surface area contributed by atoms with Crippen LogP contribution in [0.25, 0.3) is 0 Å². The van der Waals surface area contributed by atoms with Crippen LogP contribution in [0.15, 0.2) is 34.9 Å². The molecule has 0 unspecified atom stereocenters. The second-order valence-corrected chi connectivity index (χ2v) is 10.3. The molecule has 9 heteroatoms. The fraction of sp³-hybridized carbons (Fsp3) is 0.577. The molecule has 3 aliphatic rings. The van der Waals surface area contributed by atoms with Gasteiger partial charge in [0, 0.05) is 43.9 Å². The first kappa shape index (κ1) is 26.5. The van der Waals surface area contributed by atoms with Crippen molar-refractivity contribution in [1.29, 1.82) is 0 Å². The van der Waals surface area contributed by atoms with Gasteiger partial charge in [0.25, 0.3) is 0 Å². The Balaban J connectivity index is 2.50. The van der Waals surface area contributed by atoms with Crippen molar-refractivity contribution in [2.45, 2.75) is 78.8 Å². The summed E-state index contributed by atoms with van der Waals surface area (Å²) in [5.74, 6) is -3.56. The topological polar surface area (TPSA) is 133 Å². The van der Waals surface area contributed by atoms with Crippen molar-refractivity contribution in [2.24, 2.45) is 16.7 Å². The molecule has 190 valence electrons. The predicted octanol–water partition coefficient (Wildman–Crippen LogP) is 2.16. The van der Waals surface area contributed by atoms with E-state index in [4.69, 9.17) is 14.2 Å². The third kappa shape index (κ3) is 4.05. The van der Waals surface area contributed by atoms with Crippen molar-refractivity contribution in [1.82, 2.24) is 0 Å². The van der Waals surface area contributed by atoms with E-state index >= 15 is 0 Å². The number of carbonyl (C=O) groups excluding carboxylic acids is 5. The van der Waals surface area contributed by atoms with E-state index in [9.17, 15) is 29.1 Å². The molecule has 6 atom stereocenters. The number of esters is 3. The molecule has 0 aromatic heterocycles. The lowest BCUT2D eigenvalue weighted by molar-refractivity contribution is -0.223. The summed E-state index contributed by atoms with van der Waals surface area (Å²) >= 11 is 0. The van der Waals surface area contributed by atoms with Crippen LogP contribution in [0.5, 0.6) is 0 Å². The van der Waals surface area contributed by atoms with Gasteiger partial charge >= 0.3 is 17.9 Å². The third-order valence-corrected chi connectivity index (χ3v) is 7.74. The molecule has 0 aromatic rings. The van der Waals surface area contributed by atoms with E-state index in [-0.39, 0.29) is 23.1 Å². The molecule has 0 heterocycles. The zero-order valence-electron chi connectivity index (χ0n) is 21.0. The Morgan fingerprint density at radius 3 is 2.06 bits per heavy atom. The summed E-state index contributed by atoms with van der Waals surface area (Å²) in [5.41, 5.74) is -3.87. The summed E-state index contributed by atoms with van der Waals surface area (Å²) in [6, 6.07) is 0. The highest BCUT2D eigenvalue weighted by Gasteiger charge is 2.68. The van der Waals surface area contributed by atoms with Crippen LogP contribution in [0.1, 0.15) is 54.9 Å². The normalized spacial score (nSPS) is 35.7. The number of allylic oxidation sites excluding steroid dienone is 3. The largest absolute Gasteiger partial charge is 0.459 e. The standard InChI is InChI=1S/C26H32O9/c1-13-18(31)11-26(32)22(34-15(3)29)20-17(12-27)9-8-10-25(20,7)23(35-16(4)30)21(33-14(2)28)19(13)24(26,5)6/h8-10,12,20-23,32H,11H2,1-7H3/t20-,21+,22-,23-,25+,26+/m0/s1. The van der Waals surface area contributed by atoms with Gasteiger partial charge in [0.05, 0.1) is 0 Å². The van der Waals surface area contributed by atoms with Gasteiger partial charge in [-0.25, -0.2) is 0 Å². The summed E-state index contributed by atoms with van der Waals surface area (Å²) in [4.78, 5) is 62.4. The van der Waals surface area contributed by atoms with E-state index in [1.54, 1.807) is 39.8 Å². The third-order valence-electron chi connectivity index (χ3n) is 7.74. The molecule has 0 aromatic carbocycles. The van der Waals surface area contributed by atoms with Crippen LogP contribution in [-0.4, -0.2) is 59.0 Å². The van der Waals surface area contributed by atoms with E-state index in [1.807, 2.05) is 0 Å². The van der Waals surface area contributed by atoms with E-state index in [0.717, 1.165) is 0 Å². The number of ketones is 1. The highest BCUT2D eigenvalue weighted by molar-refractivity contribution is 5.98. The zero-order chi connectivity index (χ0) is 26.5. The molecule has 3 rings (SSSR count). The molecular formula is C26H32O9. The Labute approximate surface area is 204 Å². The van der Waals surface area contributed by atoms with Crippen LogP contribution in [0.3, 0.4) is 0 Å². The summed E-state index contributed by atoms with van der Waals surface area (Å²) in [5, 5.41) is 12.3. The van der Waals surface area contributed by atoms with Gasteiger partial charge in [-0.3, -0.25) is 24.0 Å². The van der Waals surface area contributed by atoms with Crippen LogP contribution in [0.4, 0.5) is 0 Å². The lowest BCUT2D eigenvalue weighted by Gasteiger charge is -2.60. The molecular weight excluding hydrogens is 456 g/mol. The number of carbonyl (C=O) groups is 5. The van der Waals surface area contributed by atoms with Crippen molar-refractivity contribution in [3.05, 3.63) is 34.9 Å². The van der Waals surface area contributed by atoms with Gasteiger partial charge in [0.2, 0.25) is 0 Å². The Hall–Kier alpha value is -3.07. The van der Waals surface area contributed by atoms with Crippen molar-refractivity contribution in [2.75, 3.05) is 0 Å². The van der Waals surface area contributed by atoms with Crippen LogP contribution < -0.4 is 0 Å². The maximum atomic E-state index is 13.2. The Kier molecular flexibility index (Phi) is 6.71. The maximum Gasteiger partial charge on any atom is 0.303 e. The number of aldehydes is 1. The Bertz CT molecular complexity index is 1080. The van der Waals surface area contributed by atoms with Crippen molar-refractivity contribution in [3.63, 3.8) is 0 Å². The molecule has 0 spiro atoms. The minimum absolute atomic E-state index is 0.173. The van der Waals surface area contributed by atoms with Gasteiger partial charge in [0.1, 0.15) is 18.0 Å². The highest BCUT2D eigenvalue weighted by Crippen LogP contribution is 2.60. The first-order valence-corrected chi connectivity index (χ1v) is 11.4. The summed E-state index contributed by atoms with van der Waals surface area (Å²) in [6.45, 7) is 10.1. The number of rotatable bonds is 4. The number of fused-ring (bicyclic) bond motifs is 3. The Morgan fingerprint density at radius 1 is 1.00 bits per heavy atom. The number of aliphatic hydroxyl groups is 1. The fourth-order valence-electron chi connectivity index (χ4n) is 6.06. The molecule has 0 aliphatic heterocycles. The van der Waals surface area contributed by atoms with Gasteiger partial charge in [-0.05, 0) is 23.6 Å². The average molecular weight is 489 g/mol. The maximum absolute atomic E-state index is 13.2. The van der Waals surface area contributed by atoms with Crippen LogP contribution >= 0.6 is 0 Å². The minimum Gasteiger partial charge on any atom is -0.459 e. The van der Waals surface area contributed by atoms with Crippen LogP contribution in [0, 0.1) is 16.7 Å². The second kappa shape index (κ2) is 8.86. The molecule has 1 N–H and O–H groups in total. The molecule has 1 fully saturated rings. The molecule has 9 nitrogen and oxygen atoms in total. The molecule has 0 amide bonds. The lowest BCUT2D eigenvalue weighted by atomic mass is 9.49. The monoisotopic (exact) mass is 488 g/mol. The predicted molar refractivity (Wildman–Crippen MR) is 123 cm³/mol. The molecule has 3 aliphatic carbocycles. The van der Waals surface area contributed by atoms with E-state index < -0.39 is 64.4 Å². The lowest BCUT2D eigenvalue weighted by Crippen LogP contribution is -2.69. The van der Waals surface area contributed by atoms with Crippen molar-refractivity contribution in [3.8, 4) is 0 Å². The van der Waals surface area contributed by atoms with Crippen molar-refractivity contribution < 1.29 is 43.3 Å². The number of hydrogen-bond donors (Lipinski definition) is 1. The molecule has 0 radical (unpaired) electrons. The molecule has 35 heavy (non-hydrogen) atoms. The van der Waals surface area contributed by atoms with Gasteiger partial charge in [0.15, 0.2) is 18.0 Å². The van der Waals surface area contributed by atoms with E-state index in [2.05, 4.69) is 0 Å². The second-order valence-electron chi connectivity index (χ2n) is 10.3. The number of Topliss-reactive ketones (excluding diaryl/α,β-unsaturated/α-hetero) is 1. The van der Waals surface area contributed by atoms with Crippen LogP contribution in [-0.2, 0) is 38.2 Å². The van der Waals surface area contributed by atoms with Gasteiger partial charge in [-0.2, -0.15) is 0 Å². The first-order chi connectivity index (χ1) is 16.1. The number of ether oxygens (including phenoxy) is 3. The SMILES string of the molecule is CC(=O)O[C@@H]1C2=C(C)C(=O)C[C@@](O)([C@@H](OC(C)=O)[C@@H]3C(C=O)=CC=C[C@@]3(C)[C@H]1OC(C)=O)C2(C)C. The molecule has 1 saturated carbocycles. The van der Waals surface area contributed by atoms with Gasteiger partial charge in [-0.1, -0.05) is 39.0 Å². The highest BCUT2D eigenvalue weighted by atomic mass is 16.6. The summed E-state index contributed by atoms with van der Waals surface area (Å²) in [7, 11) is 0. The average Bonchev–Trinajstić information content (AvgIpc) is 2.72. The van der Waals surface area contributed by atoms with Gasteiger partial charge in [-0.15, -0.1) is 0 Å². The first-order valence-electron chi connectivity index (χ1n) is 11.4. The van der Waals surface area contributed by atoms with Crippen LogP contribution in [0.2, 0.25) is 0 Å². The van der Waals surface area contributed by atoms with Crippen molar-refractivity contribution >= 4 is 30.0 Å². The minimum atomic E-state index is -1.98. The fourth-order valence-corrected chi connectivity index (χ4v) is 6.06. The van der Waals surface area contributed by atoms with E-state index in [0.29, 0.717) is 6.29 Å². The summed E-state index contributed by atoms with van der Waals surface area (Å²) in [6.07, 6.45) is 1.15. The van der Waals surface area contributed by atoms with Gasteiger partial charge < -0.3 is 19.3 Å². The number of hydrogen-bond acceptors (Lipinski definition) is 9. The quantitative estimate of drug-likeness (QED) is 0.359. The molecule has 0 saturated heterocycles. The zero-order valence-corrected chi connectivity index (χ0v) is 21.0. The summed E-state index contributed by atoms with van der Waals surface area (Å²) < 4.78 is 17.2. The smallest absolute Gasteiger partial charge is 0.303 e. The van der Waals surface area contributed by atoms with E-state index in [1.165, 1.54) is 26.8 Å². The molecule has 2 bridgehead atoms.